The SMILES string of the molecule is N#Cc1cccc(Nc2cncc(C(=O)N3CCCC3)c2)c1. The number of rotatable bonds is 3. The van der Waals surface area contributed by atoms with Gasteiger partial charge in [0, 0.05) is 25.0 Å². The van der Waals surface area contributed by atoms with Crippen LogP contribution in [0.3, 0.4) is 0 Å². The zero-order valence-corrected chi connectivity index (χ0v) is 12.1. The minimum atomic E-state index is 0.0272. The molecule has 5 nitrogen and oxygen atoms in total. The van der Waals surface area contributed by atoms with Gasteiger partial charge < -0.3 is 10.2 Å². The number of likely N-dealkylation sites (tertiary alicyclic amines) is 1. The molecule has 3 rings (SSSR count). The Balaban J connectivity index is 1.78. The highest BCUT2D eigenvalue weighted by Crippen LogP contribution is 2.19. The van der Waals surface area contributed by atoms with E-state index in [1.165, 1.54) is 0 Å². The Morgan fingerprint density at radius 1 is 1.18 bits per heavy atom. The average molecular weight is 292 g/mol. The minimum absolute atomic E-state index is 0.0272. The molecule has 0 spiro atoms. The standard InChI is InChI=1S/C17H16N4O/c18-10-13-4-3-5-15(8-13)20-16-9-14(11-19-12-16)17(22)21-6-1-2-7-21/h3-5,8-9,11-12,20H,1-2,6-7H2. The number of nitrogens with one attached hydrogen (secondary N) is 1. The molecule has 0 atom stereocenters. The first kappa shape index (κ1) is 14.1. The molecule has 110 valence electrons. The van der Waals surface area contributed by atoms with E-state index in [0.717, 1.165) is 37.3 Å². The van der Waals surface area contributed by atoms with E-state index in [9.17, 15) is 4.79 Å². The van der Waals surface area contributed by atoms with Gasteiger partial charge in [-0.25, -0.2) is 0 Å². The molecule has 0 saturated carbocycles. The van der Waals surface area contributed by atoms with Gasteiger partial charge in [-0.3, -0.25) is 9.78 Å². The van der Waals surface area contributed by atoms with E-state index in [-0.39, 0.29) is 5.91 Å². The van der Waals surface area contributed by atoms with Crippen LogP contribution in [0.15, 0.2) is 42.7 Å². The second-order valence-electron chi connectivity index (χ2n) is 5.28. The van der Waals surface area contributed by atoms with Crippen molar-refractivity contribution in [2.24, 2.45) is 0 Å². The molecule has 1 aliphatic rings. The summed E-state index contributed by atoms with van der Waals surface area (Å²) >= 11 is 0. The number of amides is 1. The smallest absolute Gasteiger partial charge is 0.255 e. The summed E-state index contributed by atoms with van der Waals surface area (Å²) in [6.07, 6.45) is 5.40. The fourth-order valence-electron chi connectivity index (χ4n) is 2.56. The van der Waals surface area contributed by atoms with Gasteiger partial charge in [0.1, 0.15) is 0 Å². The van der Waals surface area contributed by atoms with Crippen molar-refractivity contribution in [3.63, 3.8) is 0 Å². The Bertz CT molecular complexity index is 729. The molecule has 0 radical (unpaired) electrons. The van der Waals surface area contributed by atoms with Crippen molar-refractivity contribution in [2.45, 2.75) is 12.8 Å². The first-order valence-corrected chi connectivity index (χ1v) is 7.28. The first-order valence-electron chi connectivity index (χ1n) is 7.28. The van der Waals surface area contributed by atoms with Crippen LogP contribution in [0.25, 0.3) is 0 Å². The van der Waals surface area contributed by atoms with E-state index in [1.807, 2.05) is 17.0 Å². The quantitative estimate of drug-likeness (QED) is 0.944. The van der Waals surface area contributed by atoms with Crippen LogP contribution >= 0.6 is 0 Å². The summed E-state index contributed by atoms with van der Waals surface area (Å²) < 4.78 is 0. The molecule has 1 aromatic heterocycles. The molecule has 1 N–H and O–H groups in total. The normalized spacial score (nSPS) is 13.7. The van der Waals surface area contributed by atoms with Gasteiger partial charge in [0.15, 0.2) is 0 Å². The number of anilines is 2. The molecule has 2 heterocycles. The highest BCUT2D eigenvalue weighted by molar-refractivity contribution is 5.95. The second kappa shape index (κ2) is 6.27. The number of aromatic nitrogens is 1. The predicted octanol–water partition coefficient (Wildman–Crippen LogP) is 2.93. The Morgan fingerprint density at radius 3 is 2.77 bits per heavy atom. The number of nitriles is 1. The molecule has 0 unspecified atom stereocenters. The lowest BCUT2D eigenvalue weighted by atomic mass is 10.2. The summed E-state index contributed by atoms with van der Waals surface area (Å²) in [5.41, 5.74) is 2.71. The molecule has 1 aliphatic heterocycles. The number of pyridine rings is 1. The second-order valence-corrected chi connectivity index (χ2v) is 5.28. The number of benzene rings is 1. The van der Waals surface area contributed by atoms with Crippen molar-refractivity contribution in [3.05, 3.63) is 53.9 Å². The number of carbonyl (C=O) groups excluding carboxylic acids is 1. The van der Waals surface area contributed by atoms with Gasteiger partial charge in [0.25, 0.3) is 5.91 Å². The van der Waals surface area contributed by atoms with Gasteiger partial charge in [-0.05, 0) is 37.1 Å². The fourth-order valence-corrected chi connectivity index (χ4v) is 2.56. The summed E-state index contributed by atoms with van der Waals surface area (Å²) in [4.78, 5) is 18.4. The molecule has 1 aromatic carbocycles. The van der Waals surface area contributed by atoms with Gasteiger partial charge in [0.05, 0.1) is 29.1 Å². The van der Waals surface area contributed by atoms with Gasteiger partial charge in [-0.2, -0.15) is 5.26 Å². The van der Waals surface area contributed by atoms with E-state index >= 15 is 0 Å². The van der Waals surface area contributed by atoms with E-state index in [2.05, 4.69) is 16.4 Å². The number of hydrogen-bond donors (Lipinski definition) is 1. The molecular weight excluding hydrogens is 276 g/mol. The molecule has 1 fully saturated rings. The largest absolute Gasteiger partial charge is 0.354 e. The van der Waals surface area contributed by atoms with Gasteiger partial charge in [-0.15, -0.1) is 0 Å². The summed E-state index contributed by atoms with van der Waals surface area (Å²) in [6.45, 7) is 1.64. The average Bonchev–Trinajstić information content (AvgIpc) is 3.09. The van der Waals surface area contributed by atoms with E-state index in [4.69, 9.17) is 5.26 Å². The van der Waals surface area contributed by atoms with Crippen LogP contribution < -0.4 is 5.32 Å². The maximum atomic E-state index is 12.4. The zero-order chi connectivity index (χ0) is 15.4. The predicted molar refractivity (Wildman–Crippen MR) is 83.8 cm³/mol. The van der Waals surface area contributed by atoms with Crippen molar-refractivity contribution < 1.29 is 4.79 Å². The molecule has 1 amide bonds. The van der Waals surface area contributed by atoms with Crippen molar-refractivity contribution in [3.8, 4) is 6.07 Å². The van der Waals surface area contributed by atoms with Gasteiger partial charge >= 0.3 is 0 Å². The molecule has 0 aliphatic carbocycles. The zero-order valence-electron chi connectivity index (χ0n) is 12.1. The number of hydrogen-bond acceptors (Lipinski definition) is 4. The molecular formula is C17H16N4O. The summed E-state index contributed by atoms with van der Waals surface area (Å²) in [6, 6.07) is 11.1. The van der Waals surface area contributed by atoms with Crippen LogP contribution in [-0.4, -0.2) is 28.9 Å². The van der Waals surface area contributed by atoms with Crippen LogP contribution in [0, 0.1) is 11.3 Å². The van der Waals surface area contributed by atoms with E-state index < -0.39 is 0 Å². The van der Waals surface area contributed by atoms with Crippen molar-refractivity contribution in [1.29, 1.82) is 5.26 Å². The van der Waals surface area contributed by atoms with Gasteiger partial charge in [-0.1, -0.05) is 6.07 Å². The third-order valence-corrected chi connectivity index (χ3v) is 3.66. The number of nitrogens with zero attached hydrogens (tertiary/aromatic N) is 3. The topological polar surface area (TPSA) is 69.0 Å². The van der Waals surface area contributed by atoms with Crippen LogP contribution in [0.1, 0.15) is 28.8 Å². The van der Waals surface area contributed by atoms with Crippen LogP contribution in [0.2, 0.25) is 0 Å². The number of carbonyl (C=O) groups is 1. The highest BCUT2D eigenvalue weighted by atomic mass is 16.2. The molecule has 5 heteroatoms. The monoisotopic (exact) mass is 292 g/mol. The lowest BCUT2D eigenvalue weighted by Crippen LogP contribution is -2.27. The maximum absolute atomic E-state index is 12.4. The van der Waals surface area contributed by atoms with Crippen molar-refractivity contribution in [1.82, 2.24) is 9.88 Å². The van der Waals surface area contributed by atoms with Crippen LogP contribution in [-0.2, 0) is 0 Å². The van der Waals surface area contributed by atoms with Crippen molar-refractivity contribution >= 4 is 17.3 Å². The summed E-state index contributed by atoms with van der Waals surface area (Å²) in [5.74, 6) is 0.0272. The third kappa shape index (κ3) is 3.07. The third-order valence-electron chi connectivity index (χ3n) is 3.66. The lowest BCUT2D eigenvalue weighted by molar-refractivity contribution is 0.0792. The molecule has 22 heavy (non-hydrogen) atoms. The Kier molecular flexibility index (Phi) is 4.01. The van der Waals surface area contributed by atoms with E-state index in [1.54, 1.807) is 30.6 Å². The summed E-state index contributed by atoms with van der Waals surface area (Å²) in [5, 5.41) is 12.1. The van der Waals surface area contributed by atoms with Crippen LogP contribution in [0.4, 0.5) is 11.4 Å². The van der Waals surface area contributed by atoms with E-state index in [0.29, 0.717) is 11.1 Å². The Labute approximate surface area is 129 Å². The first-order chi connectivity index (χ1) is 10.8. The fraction of sp³-hybridized carbons (Fsp3) is 0.235. The maximum Gasteiger partial charge on any atom is 0.255 e. The Morgan fingerprint density at radius 2 is 2.00 bits per heavy atom. The highest BCUT2D eigenvalue weighted by Gasteiger charge is 2.19. The molecule has 0 bridgehead atoms. The molecule has 2 aromatic rings. The Hall–Kier alpha value is -2.87. The van der Waals surface area contributed by atoms with Crippen LogP contribution in [0.5, 0.6) is 0 Å². The summed E-state index contributed by atoms with van der Waals surface area (Å²) in [7, 11) is 0. The molecule has 1 saturated heterocycles. The van der Waals surface area contributed by atoms with Gasteiger partial charge in [0.2, 0.25) is 0 Å². The lowest BCUT2D eigenvalue weighted by Gasteiger charge is -2.15. The minimum Gasteiger partial charge on any atom is -0.354 e. The van der Waals surface area contributed by atoms with Crippen molar-refractivity contribution in [2.75, 3.05) is 18.4 Å².